The molecule has 0 saturated carbocycles. The van der Waals surface area contributed by atoms with Crippen LogP contribution in [0.15, 0.2) is 95.5 Å². The van der Waals surface area contributed by atoms with Gasteiger partial charge in [0.25, 0.3) is 0 Å². The van der Waals surface area contributed by atoms with Gasteiger partial charge in [0, 0.05) is 4.47 Å². The second-order valence-corrected chi connectivity index (χ2v) is 7.19. The van der Waals surface area contributed by atoms with Gasteiger partial charge in [-0.15, -0.1) is 0 Å². The first-order valence-electron chi connectivity index (χ1n) is 8.41. The fourth-order valence-electron chi connectivity index (χ4n) is 3.76. The molecule has 1 heteroatoms. The number of hydrogen-bond donors (Lipinski definition) is 0. The minimum atomic E-state index is 1.12. The van der Waals surface area contributed by atoms with Crippen LogP contribution < -0.4 is 0 Å². The standard InChI is InChI=1S/C24H15Br/c25-24-12-6-5-11-21(24)23-15-22-17-8-2-1-7-16(17)13-14-20(22)18-9-3-4-10-19(18)23/h1-15H. The van der Waals surface area contributed by atoms with Crippen LogP contribution in [-0.4, -0.2) is 0 Å². The molecule has 5 aromatic carbocycles. The number of benzene rings is 5. The topological polar surface area (TPSA) is 0 Å². The van der Waals surface area contributed by atoms with Crippen molar-refractivity contribution in [2.24, 2.45) is 0 Å². The highest BCUT2D eigenvalue weighted by Crippen LogP contribution is 2.39. The summed E-state index contributed by atoms with van der Waals surface area (Å²) in [5, 5.41) is 7.80. The zero-order valence-corrected chi connectivity index (χ0v) is 15.1. The summed E-state index contributed by atoms with van der Waals surface area (Å²) in [5.41, 5.74) is 2.50. The van der Waals surface area contributed by atoms with Crippen LogP contribution >= 0.6 is 15.9 Å². The Hall–Kier alpha value is -2.64. The third-order valence-electron chi connectivity index (χ3n) is 4.93. The average Bonchev–Trinajstić information content (AvgIpc) is 2.67. The minimum absolute atomic E-state index is 1.12. The smallest absolute Gasteiger partial charge is 0.0253 e. The first-order valence-corrected chi connectivity index (χ1v) is 9.20. The number of hydrogen-bond acceptors (Lipinski definition) is 0. The molecule has 25 heavy (non-hydrogen) atoms. The highest BCUT2D eigenvalue weighted by molar-refractivity contribution is 9.10. The molecule has 0 nitrogen and oxygen atoms in total. The SMILES string of the molecule is Brc1ccccc1-c1cc2c3ccccc3ccc2c2ccccc12. The van der Waals surface area contributed by atoms with Crippen LogP contribution in [0.5, 0.6) is 0 Å². The summed E-state index contributed by atoms with van der Waals surface area (Å²) < 4.78 is 1.12. The third-order valence-corrected chi connectivity index (χ3v) is 5.62. The Morgan fingerprint density at radius 3 is 1.92 bits per heavy atom. The van der Waals surface area contributed by atoms with E-state index in [0.29, 0.717) is 0 Å². The normalized spacial score (nSPS) is 11.4. The zero-order chi connectivity index (χ0) is 16.8. The summed E-state index contributed by atoms with van der Waals surface area (Å²) in [7, 11) is 0. The minimum Gasteiger partial charge on any atom is -0.0616 e. The van der Waals surface area contributed by atoms with E-state index in [9.17, 15) is 0 Å². The van der Waals surface area contributed by atoms with Crippen molar-refractivity contribution in [2.45, 2.75) is 0 Å². The summed E-state index contributed by atoms with van der Waals surface area (Å²) in [5.74, 6) is 0. The monoisotopic (exact) mass is 382 g/mol. The van der Waals surface area contributed by atoms with E-state index in [0.717, 1.165) is 4.47 Å². The largest absolute Gasteiger partial charge is 0.0616 e. The van der Waals surface area contributed by atoms with Gasteiger partial charge in [0.15, 0.2) is 0 Å². The molecular weight excluding hydrogens is 368 g/mol. The van der Waals surface area contributed by atoms with Crippen molar-refractivity contribution in [1.82, 2.24) is 0 Å². The van der Waals surface area contributed by atoms with Gasteiger partial charge in [0.2, 0.25) is 0 Å². The average molecular weight is 383 g/mol. The molecule has 0 aliphatic heterocycles. The van der Waals surface area contributed by atoms with Crippen LogP contribution in [0.25, 0.3) is 43.4 Å². The molecule has 0 amide bonds. The van der Waals surface area contributed by atoms with Crippen LogP contribution in [0.1, 0.15) is 0 Å². The lowest BCUT2D eigenvalue weighted by Crippen LogP contribution is -1.86. The summed E-state index contributed by atoms with van der Waals surface area (Å²) in [4.78, 5) is 0. The highest BCUT2D eigenvalue weighted by atomic mass is 79.9. The van der Waals surface area contributed by atoms with E-state index in [1.807, 2.05) is 0 Å². The van der Waals surface area contributed by atoms with E-state index in [2.05, 4.69) is 107 Å². The van der Waals surface area contributed by atoms with Gasteiger partial charge in [-0.2, -0.15) is 0 Å². The second-order valence-electron chi connectivity index (χ2n) is 6.33. The quantitative estimate of drug-likeness (QED) is 0.262. The molecule has 0 heterocycles. The molecular formula is C24H15Br. The van der Waals surface area contributed by atoms with Gasteiger partial charge in [-0.1, -0.05) is 94.8 Å². The van der Waals surface area contributed by atoms with E-state index in [-0.39, 0.29) is 0 Å². The molecule has 0 spiro atoms. The van der Waals surface area contributed by atoms with E-state index in [1.165, 1.54) is 43.4 Å². The summed E-state index contributed by atoms with van der Waals surface area (Å²) in [6.45, 7) is 0. The van der Waals surface area contributed by atoms with Crippen molar-refractivity contribution in [1.29, 1.82) is 0 Å². The summed E-state index contributed by atoms with van der Waals surface area (Å²) in [6.07, 6.45) is 0. The fourth-order valence-corrected chi connectivity index (χ4v) is 4.26. The van der Waals surface area contributed by atoms with Crippen LogP contribution in [0.3, 0.4) is 0 Å². The Kier molecular flexibility index (Phi) is 3.36. The maximum atomic E-state index is 3.73. The van der Waals surface area contributed by atoms with Crippen molar-refractivity contribution in [3.63, 3.8) is 0 Å². The molecule has 0 N–H and O–H groups in total. The molecule has 0 aliphatic carbocycles. The molecule has 0 atom stereocenters. The van der Waals surface area contributed by atoms with E-state index in [4.69, 9.17) is 0 Å². The lowest BCUT2D eigenvalue weighted by atomic mass is 9.91. The Labute approximate surface area is 154 Å². The van der Waals surface area contributed by atoms with Gasteiger partial charge in [-0.25, -0.2) is 0 Å². The van der Waals surface area contributed by atoms with Gasteiger partial charge in [0.05, 0.1) is 0 Å². The van der Waals surface area contributed by atoms with Gasteiger partial charge < -0.3 is 0 Å². The van der Waals surface area contributed by atoms with Crippen LogP contribution in [0.2, 0.25) is 0 Å². The van der Waals surface area contributed by atoms with Crippen molar-refractivity contribution in [3.8, 4) is 11.1 Å². The summed E-state index contributed by atoms with van der Waals surface area (Å²) >= 11 is 3.73. The maximum Gasteiger partial charge on any atom is 0.0253 e. The van der Waals surface area contributed by atoms with Crippen LogP contribution in [-0.2, 0) is 0 Å². The molecule has 0 aromatic heterocycles. The van der Waals surface area contributed by atoms with E-state index >= 15 is 0 Å². The fraction of sp³-hybridized carbons (Fsp3) is 0. The van der Waals surface area contributed by atoms with Gasteiger partial charge >= 0.3 is 0 Å². The van der Waals surface area contributed by atoms with Gasteiger partial charge in [-0.3, -0.25) is 0 Å². The zero-order valence-electron chi connectivity index (χ0n) is 13.5. The van der Waals surface area contributed by atoms with Crippen LogP contribution in [0.4, 0.5) is 0 Å². The van der Waals surface area contributed by atoms with Crippen LogP contribution in [0, 0.1) is 0 Å². The Morgan fingerprint density at radius 2 is 1.08 bits per heavy atom. The molecule has 0 saturated heterocycles. The predicted octanol–water partition coefficient (Wildman–Crippen LogP) is 7.58. The molecule has 0 unspecified atom stereocenters. The molecule has 0 fully saturated rings. The number of fused-ring (bicyclic) bond motifs is 5. The van der Waals surface area contributed by atoms with E-state index in [1.54, 1.807) is 0 Å². The summed E-state index contributed by atoms with van der Waals surface area (Å²) in [6, 6.07) is 32.6. The van der Waals surface area contributed by atoms with Gasteiger partial charge in [0.1, 0.15) is 0 Å². The van der Waals surface area contributed by atoms with Crippen molar-refractivity contribution < 1.29 is 0 Å². The van der Waals surface area contributed by atoms with Crippen molar-refractivity contribution in [2.75, 3.05) is 0 Å². The van der Waals surface area contributed by atoms with E-state index < -0.39 is 0 Å². The second kappa shape index (κ2) is 5.72. The van der Waals surface area contributed by atoms with Crippen molar-refractivity contribution in [3.05, 3.63) is 95.5 Å². The number of rotatable bonds is 1. The molecule has 0 bridgehead atoms. The molecule has 0 radical (unpaired) electrons. The molecule has 5 rings (SSSR count). The molecule has 118 valence electrons. The third kappa shape index (κ3) is 2.27. The van der Waals surface area contributed by atoms with Crippen molar-refractivity contribution >= 4 is 48.2 Å². The number of halogens is 1. The molecule has 0 aliphatic rings. The molecule has 5 aromatic rings. The first kappa shape index (κ1) is 14.7. The van der Waals surface area contributed by atoms with Gasteiger partial charge in [-0.05, 0) is 55.6 Å². The Morgan fingerprint density at radius 1 is 0.440 bits per heavy atom. The highest BCUT2D eigenvalue weighted by Gasteiger charge is 2.12. The Balaban J connectivity index is 2.03. The lowest BCUT2D eigenvalue weighted by Gasteiger charge is -2.14. The predicted molar refractivity (Wildman–Crippen MR) is 112 cm³/mol. The lowest BCUT2D eigenvalue weighted by molar-refractivity contribution is 1.62. The first-order chi connectivity index (χ1) is 12.3. The maximum absolute atomic E-state index is 3.73. The Bertz CT molecular complexity index is 1250.